The average molecular weight is 520 g/mol. The van der Waals surface area contributed by atoms with Crippen molar-refractivity contribution >= 4 is 33.2 Å². The molecule has 0 amide bonds. The Morgan fingerprint density at radius 3 is 2.41 bits per heavy atom. The minimum atomic E-state index is -0.0786. The summed E-state index contributed by atoms with van der Waals surface area (Å²) in [5.74, 6) is 3.98. The zero-order valence-corrected chi connectivity index (χ0v) is 21.5. The molecule has 0 unspecified atom stereocenters. The molecule has 10 nitrogen and oxygen atoms in total. The fourth-order valence-corrected chi connectivity index (χ4v) is 4.79. The molecule has 0 spiro atoms. The molecule has 0 aliphatic carbocycles. The quantitative estimate of drug-likeness (QED) is 0.283. The molecule has 0 aliphatic rings. The van der Waals surface area contributed by atoms with Crippen molar-refractivity contribution in [2.24, 2.45) is 0 Å². The van der Waals surface area contributed by atoms with Crippen LogP contribution in [0, 0.1) is 0 Å². The summed E-state index contributed by atoms with van der Waals surface area (Å²) >= 11 is 1.42. The maximum absolute atomic E-state index is 9.71. The van der Waals surface area contributed by atoms with Gasteiger partial charge in [0.2, 0.25) is 5.75 Å². The number of aliphatic hydroxyl groups is 1. The maximum atomic E-state index is 9.71. The van der Waals surface area contributed by atoms with Crippen molar-refractivity contribution in [3.63, 3.8) is 0 Å². The normalized spacial score (nSPS) is 10.9. The second-order valence-electron chi connectivity index (χ2n) is 7.89. The van der Waals surface area contributed by atoms with Crippen molar-refractivity contribution in [1.82, 2.24) is 19.5 Å². The van der Waals surface area contributed by atoms with Crippen molar-refractivity contribution < 1.29 is 24.1 Å². The van der Waals surface area contributed by atoms with Crippen molar-refractivity contribution in [2.45, 2.75) is 6.61 Å². The summed E-state index contributed by atoms with van der Waals surface area (Å²) in [4.78, 5) is 15.6. The number of aromatic nitrogens is 4. The Bertz CT molecular complexity index is 1540. The second kappa shape index (κ2) is 10.3. The SMILES string of the molecule is COc1cccc(-c2nc(Nc3cn(-c4cc(OC)c(OC)c(OC)c4)cn3)c3cc(CO)sc3n2)c1. The van der Waals surface area contributed by atoms with Crippen molar-refractivity contribution in [3.8, 4) is 40.1 Å². The van der Waals surface area contributed by atoms with E-state index in [0.29, 0.717) is 40.5 Å². The van der Waals surface area contributed by atoms with Crippen molar-refractivity contribution in [3.05, 3.63) is 59.9 Å². The second-order valence-corrected chi connectivity index (χ2v) is 9.01. The third kappa shape index (κ3) is 4.74. The first-order chi connectivity index (χ1) is 18.1. The molecule has 0 radical (unpaired) electrons. The van der Waals surface area contributed by atoms with Gasteiger partial charge in [-0.2, -0.15) is 0 Å². The van der Waals surface area contributed by atoms with Gasteiger partial charge in [-0.25, -0.2) is 15.0 Å². The molecule has 0 bridgehead atoms. The highest BCUT2D eigenvalue weighted by Gasteiger charge is 2.17. The van der Waals surface area contributed by atoms with Gasteiger partial charge in [0.1, 0.15) is 28.5 Å². The zero-order valence-electron chi connectivity index (χ0n) is 20.7. The van der Waals surface area contributed by atoms with Gasteiger partial charge >= 0.3 is 0 Å². The fourth-order valence-electron chi connectivity index (χ4n) is 3.90. The monoisotopic (exact) mass is 519 g/mol. The molecule has 11 heteroatoms. The molecular formula is C26H25N5O5S. The van der Waals surface area contributed by atoms with Crippen LogP contribution < -0.4 is 24.3 Å². The summed E-state index contributed by atoms with van der Waals surface area (Å²) in [6.07, 6.45) is 3.51. The lowest BCUT2D eigenvalue weighted by Crippen LogP contribution is -1.99. The molecule has 3 heterocycles. The summed E-state index contributed by atoms with van der Waals surface area (Å²) in [7, 11) is 6.33. The van der Waals surface area contributed by atoms with E-state index in [1.54, 1.807) is 34.8 Å². The van der Waals surface area contributed by atoms with E-state index in [1.165, 1.54) is 11.3 Å². The summed E-state index contributed by atoms with van der Waals surface area (Å²) in [5.41, 5.74) is 1.59. The molecule has 0 aliphatic heterocycles. The number of ether oxygens (including phenoxy) is 4. The summed E-state index contributed by atoms with van der Waals surface area (Å²) in [6, 6.07) is 13.1. The Labute approximate surface area is 217 Å². The molecule has 2 N–H and O–H groups in total. The Balaban J connectivity index is 1.54. The van der Waals surface area contributed by atoms with E-state index >= 15 is 0 Å². The minimum Gasteiger partial charge on any atom is -0.497 e. The van der Waals surface area contributed by atoms with E-state index < -0.39 is 0 Å². The van der Waals surface area contributed by atoms with Gasteiger partial charge in [-0.1, -0.05) is 12.1 Å². The standard InChI is InChI=1S/C26H25N5O5S/c1-33-17-7-5-6-15(8-17)24-29-25(19-11-18(13-32)37-26(19)30-24)28-22-12-31(14-27-22)16-9-20(34-2)23(36-4)21(10-16)35-3/h5-12,14,32H,13H2,1-4H3,(H,28,29,30). The van der Waals surface area contributed by atoms with Crippen LogP contribution in [0.2, 0.25) is 0 Å². The van der Waals surface area contributed by atoms with Crippen molar-refractivity contribution in [2.75, 3.05) is 33.8 Å². The van der Waals surface area contributed by atoms with Crippen LogP contribution in [0.25, 0.3) is 27.3 Å². The van der Waals surface area contributed by atoms with Crippen LogP contribution in [-0.4, -0.2) is 53.1 Å². The van der Waals surface area contributed by atoms with E-state index in [1.807, 2.05) is 53.2 Å². The van der Waals surface area contributed by atoms with Gasteiger partial charge < -0.3 is 33.9 Å². The van der Waals surface area contributed by atoms with Crippen LogP contribution in [0.3, 0.4) is 0 Å². The largest absolute Gasteiger partial charge is 0.497 e. The van der Waals surface area contributed by atoms with Crippen molar-refractivity contribution in [1.29, 1.82) is 0 Å². The number of anilines is 2. The Hall–Kier alpha value is -4.35. The summed E-state index contributed by atoms with van der Waals surface area (Å²) < 4.78 is 23.6. The highest BCUT2D eigenvalue weighted by molar-refractivity contribution is 7.18. The van der Waals surface area contributed by atoms with Crippen LogP contribution in [0.1, 0.15) is 4.88 Å². The van der Waals surface area contributed by atoms with Gasteiger partial charge in [0.25, 0.3) is 0 Å². The van der Waals surface area contributed by atoms with Crippen LogP contribution >= 0.6 is 11.3 Å². The number of nitrogens with one attached hydrogen (secondary N) is 1. The number of nitrogens with zero attached hydrogens (tertiary/aromatic N) is 4. The smallest absolute Gasteiger partial charge is 0.203 e. The Kier molecular flexibility index (Phi) is 6.80. The predicted molar refractivity (Wildman–Crippen MR) is 142 cm³/mol. The van der Waals surface area contributed by atoms with Gasteiger partial charge in [-0.05, 0) is 18.2 Å². The number of aliphatic hydroxyl groups excluding tert-OH is 1. The number of hydrogen-bond donors (Lipinski definition) is 2. The number of imidazole rings is 1. The third-order valence-electron chi connectivity index (χ3n) is 5.70. The van der Waals surface area contributed by atoms with Gasteiger partial charge in [0.15, 0.2) is 17.3 Å². The van der Waals surface area contributed by atoms with Crippen LogP contribution in [0.5, 0.6) is 23.0 Å². The topological polar surface area (TPSA) is 113 Å². The molecule has 5 rings (SSSR count). The number of methoxy groups -OCH3 is 4. The fraction of sp³-hybridized carbons (Fsp3) is 0.192. The van der Waals surface area contributed by atoms with Gasteiger partial charge in [0.05, 0.1) is 52.3 Å². The maximum Gasteiger partial charge on any atom is 0.203 e. The molecule has 0 saturated heterocycles. The Morgan fingerprint density at radius 1 is 0.946 bits per heavy atom. The van der Waals surface area contributed by atoms with Gasteiger partial charge in [-0.3, -0.25) is 0 Å². The number of fused-ring (bicyclic) bond motifs is 1. The van der Waals surface area contributed by atoms with E-state index in [0.717, 1.165) is 26.3 Å². The van der Waals surface area contributed by atoms with Crippen LogP contribution in [-0.2, 0) is 6.61 Å². The number of benzene rings is 2. The number of thiophene rings is 1. The number of hydrogen-bond acceptors (Lipinski definition) is 10. The molecule has 190 valence electrons. The first-order valence-electron chi connectivity index (χ1n) is 11.2. The van der Waals surface area contributed by atoms with E-state index in [4.69, 9.17) is 28.9 Å². The van der Waals surface area contributed by atoms with E-state index in [9.17, 15) is 5.11 Å². The first-order valence-corrected chi connectivity index (χ1v) is 12.1. The highest BCUT2D eigenvalue weighted by Crippen LogP contribution is 2.39. The molecule has 3 aromatic heterocycles. The lowest BCUT2D eigenvalue weighted by molar-refractivity contribution is 0.285. The molecule has 37 heavy (non-hydrogen) atoms. The molecule has 0 atom stereocenters. The first kappa shape index (κ1) is 24.3. The van der Waals surface area contributed by atoms with Crippen LogP contribution in [0.15, 0.2) is 55.0 Å². The van der Waals surface area contributed by atoms with Gasteiger partial charge in [-0.15, -0.1) is 11.3 Å². The van der Waals surface area contributed by atoms with Crippen LogP contribution in [0.4, 0.5) is 11.6 Å². The molecule has 0 fully saturated rings. The molecule has 2 aromatic carbocycles. The minimum absolute atomic E-state index is 0.0786. The molecule has 0 saturated carbocycles. The number of rotatable bonds is 9. The van der Waals surface area contributed by atoms with E-state index in [2.05, 4.69) is 10.3 Å². The lowest BCUT2D eigenvalue weighted by Gasteiger charge is -2.14. The molecule has 5 aromatic rings. The predicted octanol–water partition coefficient (Wildman–Crippen LogP) is 4.81. The van der Waals surface area contributed by atoms with E-state index in [-0.39, 0.29) is 6.61 Å². The summed E-state index contributed by atoms with van der Waals surface area (Å²) in [5, 5.41) is 13.8. The van der Waals surface area contributed by atoms with Gasteiger partial charge in [0, 0.05) is 22.6 Å². The molecular weight excluding hydrogens is 494 g/mol. The summed E-state index contributed by atoms with van der Waals surface area (Å²) in [6.45, 7) is -0.0786. The highest BCUT2D eigenvalue weighted by atomic mass is 32.1. The zero-order chi connectivity index (χ0) is 25.9. The average Bonchev–Trinajstić information content (AvgIpc) is 3.59. The third-order valence-corrected chi connectivity index (χ3v) is 6.72. The lowest BCUT2D eigenvalue weighted by atomic mass is 10.2. The Morgan fingerprint density at radius 2 is 1.73 bits per heavy atom.